The van der Waals surface area contributed by atoms with Crippen LogP contribution in [0, 0.1) is 11.3 Å². The Labute approximate surface area is 152 Å². The van der Waals surface area contributed by atoms with E-state index >= 15 is 0 Å². The van der Waals surface area contributed by atoms with Crippen molar-refractivity contribution in [2.45, 2.75) is 64.5 Å². The molecule has 1 aromatic heterocycles. The maximum Gasteiger partial charge on any atom is 0.0632 e. The zero-order valence-corrected chi connectivity index (χ0v) is 16.5. The van der Waals surface area contributed by atoms with Crippen LogP contribution in [0.15, 0.2) is 6.20 Å². The summed E-state index contributed by atoms with van der Waals surface area (Å²) in [6.45, 7) is 8.52. The molecule has 1 aromatic rings. The van der Waals surface area contributed by atoms with E-state index in [0.29, 0.717) is 5.41 Å². The molecule has 2 N–H and O–H groups in total. The molecule has 5 nitrogen and oxygen atoms in total. The van der Waals surface area contributed by atoms with Crippen molar-refractivity contribution < 1.29 is 4.74 Å². The number of aromatic nitrogens is 2. The number of nitrogens with zero attached hydrogens (tertiary/aromatic N) is 2. The average Bonchev–Trinajstić information content (AvgIpc) is 3.12. The molecule has 0 amide bonds. The Morgan fingerprint density at radius 3 is 2.76 bits per heavy atom. The fourth-order valence-corrected chi connectivity index (χ4v) is 4.78. The van der Waals surface area contributed by atoms with Gasteiger partial charge in [0.05, 0.1) is 18.4 Å². The standard InChI is InChI=1S/C20H36N4O/c1-19(2)14-20(15-25-19)7-5-16(6-8-20)11-18-17(12-22-23-18)13-24(4)10-9-21-3/h12,16,21H,5-11,13-15H2,1-4H3,(H,22,23). The van der Waals surface area contributed by atoms with Crippen molar-refractivity contribution in [3.8, 4) is 0 Å². The molecule has 1 spiro atoms. The lowest BCUT2D eigenvalue weighted by atomic mass is 9.67. The van der Waals surface area contributed by atoms with E-state index < -0.39 is 0 Å². The molecule has 3 rings (SSSR count). The highest BCUT2D eigenvalue weighted by Crippen LogP contribution is 2.50. The van der Waals surface area contributed by atoms with E-state index in [1.807, 2.05) is 13.2 Å². The van der Waals surface area contributed by atoms with Gasteiger partial charge in [0.1, 0.15) is 0 Å². The smallest absolute Gasteiger partial charge is 0.0632 e. The quantitative estimate of drug-likeness (QED) is 0.795. The number of hydrogen-bond donors (Lipinski definition) is 2. The van der Waals surface area contributed by atoms with Gasteiger partial charge in [-0.15, -0.1) is 0 Å². The van der Waals surface area contributed by atoms with Gasteiger partial charge < -0.3 is 15.0 Å². The molecule has 1 saturated carbocycles. The molecule has 1 saturated heterocycles. The fourth-order valence-electron chi connectivity index (χ4n) is 4.78. The molecule has 0 aromatic carbocycles. The average molecular weight is 349 g/mol. The van der Waals surface area contributed by atoms with Gasteiger partial charge in [-0.2, -0.15) is 5.10 Å². The summed E-state index contributed by atoms with van der Waals surface area (Å²) in [4.78, 5) is 2.36. The van der Waals surface area contributed by atoms with Crippen molar-refractivity contribution in [2.24, 2.45) is 11.3 Å². The number of aromatic amines is 1. The Morgan fingerprint density at radius 2 is 2.12 bits per heavy atom. The van der Waals surface area contributed by atoms with Gasteiger partial charge in [-0.05, 0) is 77.8 Å². The van der Waals surface area contributed by atoms with Gasteiger partial charge in [0.15, 0.2) is 0 Å². The third-order valence-corrected chi connectivity index (χ3v) is 6.22. The third-order valence-electron chi connectivity index (χ3n) is 6.22. The van der Waals surface area contributed by atoms with Crippen LogP contribution in [0.1, 0.15) is 57.2 Å². The van der Waals surface area contributed by atoms with Crippen LogP contribution in [-0.2, 0) is 17.7 Å². The van der Waals surface area contributed by atoms with Crippen molar-refractivity contribution in [1.82, 2.24) is 20.4 Å². The van der Waals surface area contributed by atoms with Crippen LogP contribution in [-0.4, -0.2) is 54.5 Å². The van der Waals surface area contributed by atoms with Crippen molar-refractivity contribution in [2.75, 3.05) is 33.8 Å². The number of H-pyrrole nitrogens is 1. The van der Waals surface area contributed by atoms with Crippen LogP contribution < -0.4 is 5.32 Å². The molecular weight excluding hydrogens is 312 g/mol. The second-order valence-electron chi connectivity index (χ2n) is 9.09. The molecule has 2 heterocycles. The number of hydrogen-bond acceptors (Lipinski definition) is 4. The lowest BCUT2D eigenvalue weighted by molar-refractivity contribution is 0.0270. The van der Waals surface area contributed by atoms with Crippen LogP contribution in [0.25, 0.3) is 0 Å². The lowest BCUT2D eigenvalue weighted by Gasteiger charge is -2.36. The molecule has 25 heavy (non-hydrogen) atoms. The van der Waals surface area contributed by atoms with Gasteiger partial charge >= 0.3 is 0 Å². The van der Waals surface area contributed by atoms with Crippen molar-refractivity contribution in [1.29, 1.82) is 0 Å². The molecule has 0 bridgehead atoms. The van der Waals surface area contributed by atoms with Crippen LogP contribution in [0.4, 0.5) is 0 Å². The summed E-state index contributed by atoms with van der Waals surface area (Å²) < 4.78 is 6.04. The van der Waals surface area contributed by atoms with Crippen molar-refractivity contribution in [3.63, 3.8) is 0 Å². The summed E-state index contributed by atoms with van der Waals surface area (Å²) in [6, 6.07) is 0. The summed E-state index contributed by atoms with van der Waals surface area (Å²) >= 11 is 0. The summed E-state index contributed by atoms with van der Waals surface area (Å²) in [5.74, 6) is 0.788. The number of nitrogens with one attached hydrogen (secondary N) is 2. The minimum atomic E-state index is 0.0846. The van der Waals surface area contributed by atoms with Crippen LogP contribution in [0.3, 0.4) is 0 Å². The Hall–Kier alpha value is -0.910. The van der Waals surface area contributed by atoms with Crippen LogP contribution >= 0.6 is 0 Å². The Bertz CT molecular complexity index is 546. The summed E-state index contributed by atoms with van der Waals surface area (Å²) in [5.41, 5.74) is 3.26. The third kappa shape index (κ3) is 4.83. The highest BCUT2D eigenvalue weighted by molar-refractivity contribution is 5.17. The summed E-state index contributed by atoms with van der Waals surface area (Å²) in [7, 11) is 4.18. The fraction of sp³-hybridized carbons (Fsp3) is 0.850. The SMILES string of the molecule is CNCCN(C)Cc1cn[nH]c1CC1CCC2(CC1)COC(C)(C)C2. The molecule has 1 aliphatic carbocycles. The van der Waals surface area contributed by atoms with Gasteiger partial charge in [0.25, 0.3) is 0 Å². The van der Waals surface area contributed by atoms with E-state index in [9.17, 15) is 0 Å². The van der Waals surface area contributed by atoms with E-state index in [2.05, 4.69) is 41.3 Å². The first-order valence-corrected chi connectivity index (χ1v) is 9.90. The predicted octanol–water partition coefficient (Wildman–Crippen LogP) is 2.98. The van der Waals surface area contributed by atoms with Crippen LogP contribution in [0.2, 0.25) is 0 Å². The molecular formula is C20H36N4O. The zero-order chi connectivity index (χ0) is 17.9. The van der Waals surface area contributed by atoms with E-state index in [1.165, 1.54) is 43.4 Å². The first kappa shape index (κ1) is 18.9. The second kappa shape index (κ2) is 7.77. The zero-order valence-electron chi connectivity index (χ0n) is 16.5. The number of ether oxygens (including phenoxy) is 1. The van der Waals surface area contributed by atoms with Crippen molar-refractivity contribution >= 4 is 0 Å². The molecule has 1 aliphatic heterocycles. The molecule has 5 heteroatoms. The number of likely N-dealkylation sites (N-methyl/N-ethyl adjacent to an activating group) is 2. The molecule has 2 aliphatic rings. The van der Waals surface area contributed by atoms with Crippen LogP contribution in [0.5, 0.6) is 0 Å². The Kier molecular flexibility index (Phi) is 5.86. The largest absolute Gasteiger partial charge is 0.375 e. The first-order chi connectivity index (χ1) is 11.9. The molecule has 0 radical (unpaired) electrons. The molecule has 2 fully saturated rings. The van der Waals surface area contributed by atoms with Gasteiger partial charge in [-0.3, -0.25) is 5.10 Å². The topological polar surface area (TPSA) is 53.2 Å². The van der Waals surface area contributed by atoms with E-state index in [-0.39, 0.29) is 5.60 Å². The monoisotopic (exact) mass is 348 g/mol. The molecule has 142 valence electrons. The molecule has 0 atom stereocenters. The second-order valence-corrected chi connectivity index (χ2v) is 9.09. The normalized spacial score (nSPS) is 28.9. The minimum Gasteiger partial charge on any atom is -0.375 e. The van der Waals surface area contributed by atoms with Gasteiger partial charge in [-0.25, -0.2) is 0 Å². The maximum absolute atomic E-state index is 6.04. The minimum absolute atomic E-state index is 0.0846. The predicted molar refractivity (Wildman–Crippen MR) is 102 cm³/mol. The highest BCUT2D eigenvalue weighted by Gasteiger charge is 2.45. The molecule has 0 unspecified atom stereocenters. The van der Waals surface area contributed by atoms with Gasteiger partial charge in [-0.1, -0.05) is 0 Å². The first-order valence-electron chi connectivity index (χ1n) is 9.90. The lowest BCUT2D eigenvalue weighted by Crippen LogP contribution is -2.30. The van der Waals surface area contributed by atoms with E-state index in [0.717, 1.165) is 38.6 Å². The Balaban J connectivity index is 1.51. The van der Waals surface area contributed by atoms with Crippen molar-refractivity contribution in [3.05, 3.63) is 17.5 Å². The van der Waals surface area contributed by atoms with Gasteiger partial charge in [0.2, 0.25) is 0 Å². The maximum atomic E-state index is 6.04. The Morgan fingerprint density at radius 1 is 1.36 bits per heavy atom. The highest BCUT2D eigenvalue weighted by atomic mass is 16.5. The summed E-state index contributed by atoms with van der Waals surface area (Å²) in [6.07, 6.45) is 9.71. The summed E-state index contributed by atoms with van der Waals surface area (Å²) in [5, 5.41) is 10.8. The van der Waals surface area contributed by atoms with E-state index in [4.69, 9.17) is 4.74 Å². The van der Waals surface area contributed by atoms with Gasteiger partial charge in [0, 0.05) is 30.9 Å². The van der Waals surface area contributed by atoms with E-state index in [1.54, 1.807) is 0 Å². The number of rotatable bonds is 7.